The number of carboxylic acid groups (broad SMARTS) is 1. The van der Waals surface area contributed by atoms with Crippen LogP contribution in [0.5, 0.6) is 0 Å². The zero-order chi connectivity index (χ0) is 26.7. The number of anilines is 4. The van der Waals surface area contributed by atoms with Crippen LogP contribution in [0.2, 0.25) is 0 Å². The standard InChI is InChI=1S/C25H36N8O4/c1-17-13-18(5-6-20(17)32-11-9-30(4)10-12-32)28-24-26-14-21(33(36)37)22(29-24)27-19-7-8-31(15-19)16-25(2,3)23(34)35/h5-6,13-14,19H,7-12,15-16H2,1-4H3,(H,34,35)(H2,26,27,28,29)/t19-/m0/s1. The summed E-state index contributed by atoms with van der Waals surface area (Å²) in [7, 11) is 2.13. The lowest BCUT2D eigenvalue weighted by Crippen LogP contribution is -2.44. The monoisotopic (exact) mass is 512 g/mol. The predicted octanol–water partition coefficient (Wildman–Crippen LogP) is 2.79. The van der Waals surface area contributed by atoms with Crippen LogP contribution in [-0.2, 0) is 4.79 Å². The summed E-state index contributed by atoms with van der Waals surface area (Å²) < 4.78 is 0. The van der Waals surface area contributed by atoms with Gasteiger partial charge in [0.15, 0.2) is 0 Å². The van der Waals surface area contributed by atoms with Crippen molar-refractivity contribution >= 4 is 34.8 Å². The molecule has 0 saturated carbocycles. The van der Waals surface area contributed by atoms with Gasteiger partial charge in [-0.2, -0.15) is 4.98 Å². The maximum Gasteiger partial charge on any atom is 0.329 e. The Hall–Kier alpha value is -3.51. The molecule has 12 heteroatoms. The van der Waals surface area contributed by atoms with Gasteiger partial charge in [-0.3, -0.25) is 14.9 Å². The number of hydrogen-bond donors (Lipinski definition) is 3. The number of benzene rings is 1. The summed E-state index contributed by atoms with van der Waals surface area (Å²) in [6.07, 6.45) is 1.94. The van der Waals surface area contributed by atoms with Crippen molar-refractivity contribution in [2.24, 2.45) is 5.41 Å². The molecule has 200 valence electrons. The Labute approximate surface area is 216 Å². The number of carbonyl (C=O) groups is 1. The molecule has 0 bridgehead atoms. The molecule has 0 aliphatic carbocycles. The van der Waals surface area contributed by atoms with Gasteiger partial charge in [0, 0.05) is 63.2 Å². The van der Waals surface area contributed by atoms with Gasteiger partial charge < -0.3 is 30.4 Å². The molecule has 2 aliphatic heterocycles. The molecule has 2 aromatic rings. The smallest absolute Gasteiger partial charge is 0.329 e. The van der Waals surface area contributed by atoms with E-state index in [1.807, 2.05) is 12.1 Å². The van der Waals surface area contributed by atoms with Crippen LogP contribution in [0.3, 0.4) is 0 Å². The summed E-state index contributed by atoms with van der Waals surface area (Å²) in [5.41, 5.74) is 2.06. The van der Waals surface area contributed by atoms with Crippen LogP contribution in [0.25, 0.3) is 0 Å². The highest BCUT2D eigenvalue weighted by Crippen LogP contribution is 2.29. The van der Waals surface area contributed by atoms with Gasteiger partial charge in [0.1, 0.15) is 6.20 Å². The van der Waals surface area contributed by atoms with Crippen molar-refractivity contribution in [3.8, 4) is 0 Å². The van der Waals surface area contributed by atoms with Crippen LogP contribution in [0, 0.1) is 22.5 Å². The van der Waals surface area contributed by atoms with E-state index in [0.29, 0.717) is 19.6 Å². The fourth-order valence-corrected chi connectivity index (χ4v) is 4.85. The number of nitro groups is 1. The maximum absolute atomic E-state index is 11.6. The minimum absolute atomic E-state index is 0.0869. The van der Waals surface area contributed by atoms with Crippen molar-refractivity contribution in [2.45, 2.75) is 33.2 Å². The number of carboxylic acids is 1. The van der Waals surface area contributed by atoms with Gasteiger partial charge in [-0.25, -0.2) is 4.98 Å². The molecule has 2 saturated heterocycles. The fourth-order valence-electron chi connectivity index (χ4n) is 4.85. The summed E-state index contributed by atoms with van der Waals surface area (Å²) >= 11 is 0. The highest BCUT2D eigenvalue weighted by molar-refractivity contribution is 5.74. The molecule has 0 amide bonds. The third-order valence-corrected chi connectivity index (χ3v) is 7.07. The van der Waals surface area contributed by atoms with E-state index >= 15 is 0 Å². The van der Waals surface area contributed by atoms with Gasteiger partial charge in [-0.1, -0.05) is 0 Å². The second kappa shape index (κ2) is 10.9. The topological polar surface area (TPSA) is 140 Å². The van der Waals surface area contributed by atoms with Gasteiger partial charge in [-0.05, 0) is 58.0 Å². The lowest BCUT2D eigenvalue weighted by molar-refractivity contribution is -0.384. The lowest BCUT2D eigenvalue weighted by Gasteiger charge is -2.35. The molecule has 37 heavy (non-hydrogen) atoms. The van der Waals surface area contributed by atoms with E-state index in [1.165, 1.54) is 11.9 Å². The Morgan fingerprint density at radius 3 is 2.62 bits per heavy atom. The average Bonchev–Trinajstić information content (AvgIpc) is 3.25. The van der Waals surface area contributed by atoms with E-state index in [-0.39, 0.29) is 23.5 Å². The zero-order valence-corrected chi connectivity index (χ0v) is 21.9. The Balaban J connectivity index is 1.45. The minimum atomic E-state index is -0.870. The molecule has 1 atom stereocenters. The number of aliphatic carboxylic acids is 1. The third-order valence-electron chi connectivity index (χ3n) is 7.07. The van der Waals surface area contributed by atoms with Crippen LogP contribution >= 0.6 is 0 Å². The summed E-state index contributed by atoms with van der Waals surface area (Å²) in [5.74, 6) is -0.433. The number of nitrogens with one attached hydrogen (secondary N) is 2. The molecule has 2 fully saturated rings. The number of likely N-dealkylation sites (tertiary alicyclic amines) is 1. The van der Waals surface area contributed by atoms with Crippen molar-refractivity contribution < 1.29 is 14.8 Å². The Morgan fingerprint density at radius 2 is 1.97 bits per heavy atom. The molecular formula is C25H36N8O4. The van der Waals surface area contributed by atoms with Crippen LogP contribution in [0.15, 0.2) is 24.4 Å². The van der Waals surface area contributed by atoms with E-state index < -0.39 is 16.3 Å². The van der Waals surface area contributed by atoms with Gasteiger partial charge in [0.2, 0.25) is 11.8 Å². The molecule has 1 aromatic carbocycles. The highest BCUT2D eigenvalue weighted by Gasteiger charge is 2.34. The van der Waals surface area contributed by atoms with Crippen LogP contribution in [0.4, 0.5) is 28.8 Å². The minimum Gasteiger partial charge on any atom is -0.481 e. The van der Waals surface area contributed by atoms with E-state index in [2.05, 4.69) is 55.3 Å². The Kier molecular flexibility index (Phi) is 7.79. The first-order valence-corrected chi connectivity index (χ1v) is 12.6. The first kappa shape index (κ1) is 26.6. The summed E-state index contributed by atoms with van der Waals surface area (Å²) in [6.45, 7) is 11.2. The van der Waals surface area contributed by atoms with Crippen molar-refractivity contribution in [3.63, 3.8) is 0 Å². The molecule has 3 heterocycles. The Bertz CT molecular complexity index is 1150. The average molecular weight is 513 g/mol. The molecule has 4 rings (SSSR count). The van der Waals surface area contributed by atoms with Gasteiger partial charge in [-0.15, -0.1) is 0 Å². The molecule has 0 unspecified atom stereocenters. The number of aryl methyl sites for hydroxylation is 1. The number of nitrogens with zero attached hydrogens (tertiary/aromatic N) is 6. The number of hydrogen-bond acceptors (Lipinski definition) is 10. The number of piperazine rings is 1. The molecule has 3 N–H and O–H groups in total. The number of likely N-dealkylation sites (N-methyl/N-ethyl adjacent to an activating group) is 1. The lowest BCUT2D eigenvalue weighted by atomic mass is 9.93. The first-order valence-electron chi connectivity index (χ1n) is 12.6. The zero-order valence-electron chi connectivity index (χ0n) is 21.9. The van der Waals surface area contributed by atoms with Crippen molar-refractivity contribution in [1.82, 2.24) is 19.8 Å². The second-order valence-electron chi connectivity index (χ2n) is 10.7. The molecule has 0 radical (unpaired) electrons. The quantitative estimate of drug-likeness (QED) is 0.337. The molecule has 2 aliphatic rings. The van der Waals surface area contributed by atoms with Crippen LogP contribution < -0.4 is 15.5 Å². The van der Waals surface area contributed by atoms with E-state index in [4.69, 9.17) is 0 Å². The first-order chi connectivity index (χ1) is 17.5. The Morgan fingerprint density at radius 1 is 1.24 bits per heavy atom. The third kappa shape index (κ3) is 6.44. The van der Waals surface area contributed by atoms with E-state index in [9.17, 15) is 20.0 Å². The normalized spacial score (nSPS) is 19.1. The van der Waals surface area contributed by atoms with E-state index in [1.54, 1.807) is 13.8 Å². The molecular weight excluding hydrogens is 476 g/mol. The SMILES string of the molecule is Cc1cc(Nc2ncc([N+](=O)[O-])c(N[C@H]3CCN(CC(C)(C)C(=O)O)C3)n2)ccc1N1CCN(C)CC1. The highest BCUT2D eigenvalue weighted by atomic mass is 16.6. The number of aromatic nitrogens is 2. The molecule has 1 aromatic heterocycles. The van der Waals surface area contributed by atoms with Gasteiger partial charge >= 0.3 is 11.7 Å². The summed E-state index contributed by atoms with van der Waals surface area (Å²) in [4.78, 5) is 38.0. The molecule has 12 nitrogen and oxygen atoms in total. The van der Waals surface area contributed by atoms with Crippen molar-refractivity contribution in [3.05, 3.63) is 40.1 Å². The summed E-state index contributed by atoms with van der Waals surface area (Å²) in [6, 6.07) is 6.00. The van der Waals surface area contributed by atoms with E-state index in [0.717, 1.165) is 43.9 Å². The van der Waals surface area contributed by atoms with Crippen LogP contribution in [-0.4, -0.2) is 94.7 Å². The van der Waals surface area contributed by atoms with Gasteiger partial charge in [0.25, 0.3) is 0 Å². The van der Waals surface area contributed by atoms with Crippen molar-refractivity contribution in [1.29, 1.82) is 0 Å². The largest absolute Gasteiger partial charge is 0.481 e. The van der Waals surface area contributed by atoms with Crippen LogP contribution in [0.1, 0.15) is 25.8 Å². The number of rotatable bonds is 9. The fraction of sp³-hybridized carbons (Fsp3) is 0.560. The second-order valence-corrected chi connectivity index (χ2v) is 10.7. The van der Waals surface area contributed by atoms with Crippen molar-refractivity contribution in [2.75, 3.05) is 68.4 Å². The van der Waals surface area contributed by atoms with Gasteiger partial charge in [0.05, 0.1) is 10.3 Å². The maximum atomic E-state index is 11.6. The molecule has 0 spiro atoms. The summed E-state index contributed by atoms with van der Waals surface area (Å²) in [5, 5.41) is 27.4. The predicted molar refractivity (Wildman–Crippen MR) is 143 cm³/mol.